The summed E-state index contributed by atoms with van der Waals surface area (Å²) < 4.78 is 5.80. The Morgan fingerprint density at radius 2 is 1.67 bits per heavy atom. The molecule has 0 fully saturated rings. The molecule has 3 aromatic rings. The normalized spacial score (nSPS) is 10.1. The molecule has 0 bridgehead atoms. The number of pyridine rings is 1. The quantitative estimate of drug-likeness (QED) is 0.750. The molecule has 0 saturated carbocycles. The van der Waals surface area contributed by atoms with E-state index < -0.39 is 0 Å². The number of nitrogens with zero attached hydrogens (tertiary/aromatic N) is 1. The summed E-state index contributed by atoms with van der Waals surface area (Å²) in [5, 5.41) is 3.20. The molecule has 3 N–H and O–H groups in total. The molecule has 2 aromatic carbocycles. The van der Waals surface area contributed by atoms with Crippen molar-refractivity contribution in [3.05, 3.63) is 72.9 Å². The number of hydrogen-bond acceptors (Lipinski definition) is 4. The second-order valence-electron chi connectivity index (χ2n) is 4.54. The molecule has 0 aliphatic heterocycles. The molecule has 0 aliphatic carbocycles. The second kappa shape index (κ2) is 5.96. The summed E-state index contributed by atoms with van der Waals surface area (Å²) >= 11 is 0. The van der Waals surface area contributed by atoms with Gasteiger partial charge >= 0.3 is 0 Å². The van der Waals surface area contributed by atoms with Crippen LogP contribution in [0.2, 0.25) is 0 Å². The first kappa shape index (κ1) is 13.0. The van der Waals surface area contributed by atoms with Crippen LogP contribution in [0.25, 0.3) is 0 Å². The van der Waals surface area contributed by atoms with Gasteiger partial charge in [-0.3, -0.25) is 0 Å². The number of aromatic nitrogens is 1. The highest BCUT2D eigenvalue weighted by Crippen LogP contribution is 2.25. The third-order valence-electron chi connectivity index (χ3n) is 2.87. The highest BCUT2D eigenvalue weighted by molar-refractivity contribution is 5.61. The summed E-state index contributed by atoms with van der Waals surface area (Å²) in [6.07, 6.45) is 1.67. The molecule has 4 heteroatoms. The van der Waals surface area contributed by atoms with Gasteiger partial charge in [-0.2, -0.15) is 0 Å². The van der Waals surface area contributed by atoms with E-state index in [0.717, 1.165) is 17.2 Å². The van der Waals surface area contributed by atoms with Crippen LogP contribution >= 0.6 is 0 Å². The number of para-hydroxylation sites is 1. The van der Waals surface area contributed by atoms with Crippen LogP contribution in [-0.2, 0) is 0 Å². The number of nitrogen functional groups attached to an aromatic ring is 1. The SMILES string of the molecule is Nc1ccnc(Nc2cccc(Oc3ccccc3)c2)c1. The summed E-state index contributed by atoms with van der Waals surface area (Å²) in [5.41, 5.74) is 7.30. The molecule has 0 radical (unpaired) electrons. The molecule has 104 valence electrons. The van der Waals surface area contributed by atoms with E-state index in [0.29, 0.717) is 11.5 Å². The van der Waals surface area contributed by atoms with E-state index in [1.54, 1.807) is 18.3 Å². The van der Waals surface area contributed by atoms with Crippen molar-refractivity contribution in [2.24, 2.45) is 0 Å². The van der Waals surface area contributed by atoms with Crippen LogP contribution in [0.4, 0.5) is 17.2 Å². The van der Waals surface area contributed by atoms with Crippen LogP contribution in [0, 0.1) is 0 Å². The van der Waals surface area contributed by atoms with Crippen molar-refractivity contribution in [1.82, 2.24) is 4.98 Å². The van der Waals surface area contributed by atoms with E-state index in [1.807, 2.05) is 54.6 Å². The average Bonchev–Trinajstić information content (AvgIpc) is 2.49. The molecule has 0 spiro atoms. The first-order valence-electron chi connectivity index (χ1n) is 6.61. The van der Waals surface area contributed by atoms with Gasteiger partial charge in [0.25, 0.3) is 0 Å². The van der Waals surface area contributed by atoms with Crippen molar-refractivity contribution in [3.8, 4) is 11.5 Å². The Labute approximate surface area is 123 Å². The lowest BCUT2D eigenvalue weighted by Gasteiger charge is -2.09. The molecule has 21 heavy (non-hydrogen) atoms. The maximum Gasteiger partial charge on any atom is 0.132 e. The third-order valence-corrected chi connectivity index (χ3v) is 2.87. The number of benzene rings is 2. The minimum absolute atomic E-state index is 0.671. The van der Waals surface area contributed by atoms with E-state index in [4.69, 9.17) is 10.5 Å². The molecule has 0 atom stereocenters. The smallest absolute Gasteiger partial charge is 0.132 e. The Hall–Kier alpha value is -3.01. The molecular formula is C17H15N3O. The zero-order valence-electron chi connectivity index (χ0n) is 11.4. The third kappa shape index (κ3) is 3.51. The highest BCUT2D eigenvalue weighted by Gasteiger charge is 2.00. The van der Waals surface area contributed by atoms with Crippen molar-refractivity contribution < 1.29 is 4.74 Å². The lowest BCUT2D eigenvalue weighted by atomic mass is 10.3. The highest BCUT2D eigenvalue weighted by atomic mass is 16.5. The van der Waals surface area contributed by atoms with Gasteiger partial charge in [-0.1, -0.05) is 24.3 Å². The van der Waals surface area contributed by atoms with Gasteiger partial charge in [0, 0.05) is 29.7 Å². The fraction of sp³-hybridized carbons (Fsp3) is 0. The Balaban J connectivity index is 1.77. The summed E-state index contributed by atoms with van der Waals surface area (Å²) in [6.45, 7) is 0. The Kier molecular flexibility index (Phi) is 3.69. The van der Waals surface area contributed by atoms with Crippen molar-refractivity contribution in [3.63, 3.8) is 0 Å². The maximum atomic E-state index is 5.80. The summed E-state index contributed by atoms with van der Waals surface area (Å²) in [4.78, 5) is 4.22. The lowest BCUT2D eigenvalue weighted by Crippen LogP contribution is -1.95. The van der Waals surface area contributed by atoms with E-state index in [-0.39, 0.29) is 0 Å². The van der Waals surface area contributed by atoms with Crippen molar-refractivity contribution in [1.29, 1.82) is 0 Å². The van der Waals surface area contributed by atoms with Gasteiger partial charge < -0.3 is 15.8 Å². The van der Waals surface area contributed by atoms with E-state index in [2.05, 4.69) is 10.3 Å². The number of hydrogen-bond donors (Lipinski definition) is 2. The molecule has 0 aliphatic rings. The van der Waals surface area contributed by atoms with E-state index in [9.17, 15) is 0 Å². The van der Waals surface area contributed by atoms with Crippen molar-refractivity contribution in [2.75, 3.05) is 11.1 Å². The molecule has 4 nitrogen and oxygen atoms in total. The number of rotatable bonds is 4. The second-order valence-corrected chi connectivity index (χ2v) is 4.54. The van der Waals surface area contributed by atoms with Crippen LogP contribution < -0.4 is 15.8 Å². The van der Waals surface area contributed by atoms with Crippen LogP contribution in [-0.4, -0.2) is 4.98 Å². The first-order chi connectivity index (χ1) is 10.3. The zero-order chi connectivity index (χ0) is 14.5. The monoisotopic (exact) mass is 277 g/mol. The number of ether oxygens (including phenoxy) is 1. The largest absolute Gasteiger partial charge is 0.457 e. The van der Waals surface area contributed by atoms with Gasteiger partial charge in [0.15, 0.2) is 0 Å². The molecular weight excluding hydrogens is 262 g/mol. The maximum absolute atomic E-state index is 5.80. The van der Waals surface area contributed by atoms with Gasteiger partial charge in [0.1, 0.15) is 17.3 Å². The van der Waals surface area contributed by atoms with Gasteiger partial charge in [0.05, 0.1) is 0 Å². The Morgan fingerprint density at radius 1 is 0.857 bits per heavy atom. The summed E-state index contributed by atoms with van der Waals surface area (Å²) in [5.74, 6) is 2.26. The topological polar surface area (TPSA) is 60.2 Å². The summed E-state index contributed by atoms with van der Waals surface area (Å²) in [7, 11) is 0. The number of nitrogens with one attached hydrogen (secondary N) is 1. The van der Waals surface area contributed by atoms with E-state index in [1.165, 1.54) is 0 Å². The van der Waals surface area contributed by atoms with Gasteiger partial charge in [-0.05, 0) is 30.3 Å². The predicted molar refractivity (Wildman–Crippen MR) is 84.9 cm³/mol. The fourth-order valence-electron chi connectivity index (χ4n) is 1.93. The Bertz CT molecular complexity index is 729. The number of anilines is 3. The molecule has 1 aromatic heterocycles. The zero-order valence-corrected chi connectivity index (χ0v) is 11.4. The van der Waals surface area contributed by atoms with E-state index >= 15 is 0 Å². The minimum Gasteiger partial charge on any atom is -0.457 e. The summed E-state index contributed by atoms with van der Waals surface area (Å²) in [6, 6.07) is 20.9. The van der Waals surface area contributed by atoms with Crippen LogP contribution in [0.3, 0.4) is 0 Å². The molecule has 0 unspecified atom stereocenters. The van der Waals surface area contributed by atoms with Gasteiger partial charge in [-0.25, -0.2) is 4.98 Å². The Morgan fingerprint density at radius 3 is 2.48 bits per heavy atom. The number of nitrogens with two attached hydrogens (primary N) is 1. The van der Waals surface area contributed by atoms with Gasteiger partial charge in [0.2, 0.25) is 0 Å². The molecule has 0 saturated heterocycles. The molecule has 1 heterocycles. The standard InChI is InChI=1S/C17H15N3O/c18-13-9-10-19-17(11-13)20-14-5-4-8-16(12-14)21-15-6-2-1-3-7-15/h1-12H,(H3,18,19,20). The van der Waals surface area contributed by atoms with Crippen LogP contribution in [0.15, 0.2) is 72.9 Å². The fourth-order valence-corrected chi connectivity index (χ4v) is 1.93. The molecule has 3 rings (SSSR count). The molecule has 0 amide bonds. The van der Waals surface area contributed by atoms with Crippen molar-refractivity contribution in [2.45, 2.75) is 0 Å². The first-order valence-corrected chi connectivity index (χ1v) is 6.61. The average molecular weight is 277 g/mol. The lowest BCUT2D eigenvalue weighted by molar-refractivity contribution is 0.483. The predicted octanol–water partition coefficient (Wildman–Crippen LogP) is 4.20. The van der Waals surface area contributed by atoms with Crippen LogP contribution in [0.5, 0.6) is 11.5 Å². The minimum atomic E-state index is 0.671. The van der Waals surface area contributed by atoms with Gasteiger partial charge in [-0.15, -0.1) is 0 Å². The van der Waals surface area contributed by atoms with Crippen LogP contribution in [0.1, 0.15) is 0 Å². The van der Waals surface area contributed by atoms with Crippen molar-refractivity contribution >= 4 is 17.2 Å².